The number of fused-ring (bicyclic) bond motifs is 1. The van der Waals surface area contributed by atoms with E-state index in [9.17, 15) is 4.79 Å². The summed E-state index contributed by atoms with van der Waals surface area (Å²) in [6, 6.07) is 11.3. The molecule has 2 N–H and O–H groups in total. The molecule has 0 radical (unpaired) electrons. The van der Waals surface area contributed by atoms with E-state index in [1.54, 1.807) is 0 Å². The van der Waals surface area contributed by atoms with Crippen LogP contribution >= 0.6 is 0 Å². The number of aromatic nitrogens is 1. The summed E-state index contributed by atoms with van der Waals surface area (Å²) in [6.07, 6.45) is 1.24. The highest BCUT2D eigenvalue weighted by atomic mass is 16.1. The summed E-state index contributed by atoms with van der Waals surface area (Å²) in [7, 11) is 0. The zero-order chi connectivity index (χ0) is 10.7. The molecule has 0 amide bonds. The summed E-state index contributed by atoms with van der Waals surface area (Å²) in [6.45, 7) is 0. The van der Waals surface area contributed by atoms with Crippen LogP contribution < -0.4 is 5.73 Å². The van der Waals surface area contributed by atoms with Gasteiger partial charge in [0.15, 0.2) is 0 Å². The molecule has 0 fully saturated rings. The predicted octanol–water partition coefficient (Wildman–Crippen LogP) is 1.30. The van der Waals surface area contributed by atoms with Crippen LogP contribution in [0.1, 0.15) is 5.69 Å². The van der Waals surface area contributed by atoms with Crippen LogP contribution in [0.25, 0.3) is 10.9 Å². The first-order valence-corrected chi connectivity index (χ1v) is 4.85. The lowest BCUT2D eigenvalue weighted by molar-refractivity contribution is -0.108. The van der Waals surface area contributed by atoms with E-state index in [1.165, 1.54) is 0 Å². The molecule has 1 aromatic carbocycles. The topological polar surface area (TPSA) is 56.0 Å². The first kappa shape index (κ1) is 9.80. The summed E-state index contributed by atoms with van der Waals surface area (Å²) < 4.78 is 0. The highest BCUT2D eigenvalue weighted by molar-refractivity contribution is 5.78. The minimum absolute atomic E-state index is 0.460. The molecular weight excluding hydrogens is 188 g/mol. The summed E-state index contributed by atoms with van der Waals surface area (Å²) in [4.78, 5) is 14.8. The lowest BCUT2D eigenvalue weighted by atomic mass is 10.1. The van der Waals surface area contributed by atoms with Gasteiger partial charge in [0, 0.05) is 17.5 Å². The standard InChI is InChI=1S/C12H12N2O/c13-10(8-15)7-11-6-5-9-3-1-2-4-12(9)14-11/h1-6,8,10H,7,13H2. The maximum Gasteiger partial charge on any atom is 0.137 e. The number of para-hydroxylation sites is 1. The van der Waals surface area contributed by atoms with Crippen molar-refractivity contribution < 1.29 is 4.79 Å². The number of nitrogens with zero attached hydrogens (tertiary/aromatic N) is 1. The van der Waals surface area contributed by atoms with E-state index in [-0.39, 0.29) is 0 Å². The van der Waals surface area contributed by atoms with Gasteiger partial charge in [-0.1, -0.05) is 24.3 Å². The fourth-order valence-corrected chi connectivity index (χ4v) is 1.51. The van der Waals surface area contributed by atoms with Crippen LogP contribution in [0.2, 0.25) is 0 Å². The zero-order valence-electron chi connectivity index (χ0n) is 8.26. The van der Waals surface area contributed by atoms with Gasteiger partial charge in [-0.25, -0.2) is 0 Å². The molecule has 2 aromatic rings. The Morgan fingerprint density at radius 3 is 2.87 bits per heavy atom. The summed E-state index contributed by atoms with van der Waals surface area (Å²) in [5.74, 6) is 0. The van der Waals surface area contributed by atoms with Gasteiger partial charge in [0.05, 0.1) is 11.6 Å². The Labute approximate surface area is 87.9 Å². The molecule has 0 aliphatic carbocycles. The van der Waals surface area contributed by atoms with Crippen LogP contribution in [0.5, 0.6) is 0 Å². The fraction of sp³-hybridized carbons (Fsp3) is 0.167. The Hall–Kier alpha value is -1.74. The maximum absolute atomic E-state index is 10.4. The monoisotopic (exact) mass is 200 g/mol. The Morgan fingerprint density at radius 1 is 1.27 bits per heavy atom. The average molecular weight is 200 g/mol. The van der Waals surface area contributed by atoms with Crippen molar-refractivity contribution in [2.45, 2.75) is 12.5 Å². The number of benzene rings is 1. The van der Waals surface area contributed by atoms with Crippen LogP contribution in [0, 0.1) is 0 Å². The lowest BCUT2D eigenvalue weighted by Gasteiger charge is -2.04. The smallest absolute Gasteiger partial charge is 0.137 e. The van der Waals surface area contributed by atoms with Crippen LogP contribution in [0.3, 0.4) is 0 Å². The minimum atomic E-state index is -0.460. The molecule has 3 nitrogen and oxygen atoms in total. The number of hydrogen-bond donors (Lipinski definition) is 1. The highest BCUT2D eigenvalue weighted by Gasteiger charge is 2.03. The van der Waals surface area contributed by atoms with E-state index in [4.69, 9.17) is 5.73 Å². The molecule has 1 heterocycles. The Bertz CT molecular complexity index is 482. The van der Waals surface area contributed by atoms with Crippen LogP contribution in [0.4, 0.5) is 0 Å². The second-order valence-electron chi connectivity index (χ2n) is 3.50. The molecule has 0 saturated carbocycles. The molecule has 1 unspecified atom stereocenters. The van der Waals surface area contributed by atoms with Gasteiger partial charge in [-0.15, -0.1) is 0 Å². The summed E-state index contributed by atoms with van der Waals surface area (Å²) in [5, 5.41) is 1.10. The van der Waals surface area contributed by atoms with Crippen molar-refractivity contribution in [3.8, 4) is 0 Å². The van der Waals surface area contributed by atoms with Gasteiger partial charge in [-0.2, -0.15) is 0 Å². The molecule has 1 atom stereocenters. The van der Waals surface area contributed by atoms with E-state index in [0.29, 0.717) is 6.42 Å². The zero-order valence-corrected chi connectivity index (χ0v) is 8.26. The Balaban J connectivity index is 2.34. The third-order valence-electron chi connectivity index (χ3n) is 2.28. The molecular formula is C12H12N2O. The van der Waals surface area contributed by atoms with E-state index >= 15 is 0 Å². The summed E-state index contributed by atoms with van der Waals surface area (Å²) in [5.41, 5.74) is 7.33. The second kappa shape index (κ2) is 4.19. The summed E-state index contributed by atoms with van der Waals surface area (Å²) >= 11 is 0. The van der Waals surface area contributed by atoms with Crippen molar-refractivity contribution in [1.82, 2.24) is 4.98 Å². The molecule has 0 aliphatic heterocycles. The van der Waals surface area contributed by atoms with Gasteiger partial charge >= 0.3 is 0 Å². The SMILES string of the molecule is NC(C=O)Cc1ccc2ccccc2n1. The van der Waals surface area contributed by atoms with Gasteiger partial charge in [0.25, 0.3) is 0 Å². The van der Waals surface area contributed by atoms with Crippen molar-refractivity contribution >= 4 is 17.2 Å². The second-order valence-corrected chi connectivity index (χ2v) is 3.50. The van der Waals surface area contributed by atoms with Crippen LogP contribution in [-0.2, 0) is 11.2 Å². The van der Waals surface area contributed by atoms with Crippen LogP contribution in [-0.4, -0.2) is 17.3 Å². The first-order chi connectivity index (χ1) is 7.29. The van der Waals surface area contributed by atoms with E-state index in [2.05, 4.69) is 4.98 Å². The third kappa shape index (κ3) is 2.19. The number of aldehydes is 1. The van der Waals surface area contributed by atoms with Crippen LogP contribution in [0.15, 0.2) is 36.4 Å². The van der Waals surface area contributed by atoms with Crippen molar-refractivity contribution in [1.29, 1.82) is 0 Å². The maximum atomic E-state index is 10.4. The molecule has 15 heavy (non-hydrogen) atoms. The molecule has 3 heteroatoms. The molecule has 0 aliphatic rings. The van der Waals surface area contributed by atoms with Gasteiger partial charge in [-0.05, 0) is 12.1 Å². The highest BCUT2D eigenvalue weighted by Crippen LogP contribution is 2.12. The normalized spacial score (nSPS) is 12.6. The third-order valence-corrected chi connectivity index (χ3v) is 2.28. The number of hydrogen-bond acceptors (Lipinski definition) is 3. The number of rotatable bonds is 3. The number of nitrogens with two attached hydrogens (primary N) is 1. The van der Waals surface area contributed by atoms with E-state index in [0.717, 1.165) is 22.9 Å². The van der Waals surface area contributed by atoms with Crippen molar-refractivity contribution in [3.05, 3.63) is 42.1 Å². The number of carbonyl (C=O) groups excluding carboxylic acids is 1. The van der Waals surface area contributed by atoms with Gasteiger partial charge < -0.3 is 10.5 Å². The predicted molar refractivity (Wildman–Crippen MR) is 59.5 cm³/mol. The number of pyridine rings is 1. The molecule has 0 bridgehead atoms. The van der Waals surface area contributed by atoms with E-state index in [1.807, 2.05) is 36.4 Å². The Morgan fingerprint density at radius 2 is 2.07 bits per heavy atom. The van der Waals surface area contributed by atoms with Crippen molar-refractivity contribution in [2.24, 2.45) is 5.73 Å². The molecule has 1 aromatic heterocycles. The Kier molecular flexibility index (Phi) is 2.74. The fourth-order valence-electron chi connectivity index (χ4n) is 1.51. The molecule has 2 rings (SSSR count). The van der Waals surface area contributed by atoms with Gasteiger partial charge in [0.2, 0.25) is 0 Å². The van der Waals surface area contributed by atoms with Crippen molar-refractivity contribution in [2.75, 3.05) is 0 Å². The quantitative estimate of drug-likeness (QED) is 0.760. The van der Waals surface area contributed by atoms with Crippen molar-refractivity contribution in [3.63, 3.8) is 0 Å². The van der Waals surface area contributed by atoms with Gasteiger partial charge in [0.1, 0.15) is 6.29 Å². The number of carbonyl (C=O) groups is 1. The molecule has 0 saturated heterocycles. The molecule has 76 valence electrons. The van der Waals surface area contributed by atoms with E-state index < -0.39 is 6.04 Å². The first-order valence-electron chi connectivity index (χ1n) is 4.85. The minimum Gasteiger partial charge on any atom is -0.321 e. The van der Waals surface area contributed by atoms with Gasteiger partial charge in [-0.3, -0.25) is 4.98 Å². The lowest BCUT2D eigenvalue weighted by Crippen LogP contribution is -2.24. The molecule has 0 spiro atoms. The average Bonchev–Trinajstić information content (AvgIpc) is 2.29. The largest absolute Gasteiger partial charge is 0.321 e.